The zero-order valence-corrected chi connectivity index (χ0v) is 15.2. The first-order valence-electron chi connectivity index (χ1n) is 8.94. The zero-order chi connectivity index (χ0) is 18.6. The second kappa shape index (κ2) is 7.65. The minimum absolute atomic E-state index is 0.0165. The van der Waals surface area contributed by atoms with E-state index in [-0.39, 0.29) is 6.42 Å². The second-order valence-corrected chi connectivity index (χ2v) is 6.94. The number of alkyl halides is 1. The van der Waals surface area contributed by atoms with E-state index in [2.05, 4.69) is 13.8 Å². The summed E-state index contributed by atoms with van der Waals surface area (Å²) in [6, 6.07) is 25.3. The van der Waals surface area contributed by atoms with Crippen molar-refractivity contribution in [2.45, 2.75) is 31.9 Å². The van der Waals surface area contributed by atoms with E-state index < -0.39 is 11.5 Å². The number of halogens is 1. The van der Waals surface area contributed by atoms with Gasteiger partial charge in [-0.1, -0.05) is 98.8 Å². The van der Waals surface area contributed by atoms with Gasteiger partial charge in [-0.3, -0.25) is 4.79 Å². The van der Waals surface area contributed by atoms with Gasteiger partial charge in [0.05, 0.1) is 0 Å². The van der Waals surface area contributed by atoms with Crippen LogP contribution in [0.3, 0.4) is 0 Å². The van der Waals surface area contributed by atoms with E-state index in [0.29, 0.717) is 17.0 Å². The van der Waals surface area contributed by atoms with Gasteiger partial charge in [0.25, 0.3) is 0 Å². The molecule has 0 aliphatic rings. The topological polar surface area (TPSA) is 17.1 Å². The normalized spacial score (nSPS) is 13.4. The van der Waals surface area contributed by atoms with Crippen LogP contribution in [0.4, 0.5) is 4.39 Å². The lowest BCUT2D eigenvalue weighted by atomic mass is 9.82. The van der Waals surface area contributed by atoms with Gasteiger partial charge < -0.3 is 0 Å². The third kappa shape index (κ3) is 3.75. The number of carbonyl (C=O) groups is 1. The summed E-state index contributed by atoms with van der Waals surface area (Å²) in [5.74, 6) is -0.142. The van der Waals surface area contributed by atoms with Gasteiger partial charge in [0.15, 0.2) is 0 Å². The molecule has 3 aromatic rings. The molecule has 26 heavy (non-hydrogen) atoms. The average Bonchev–Trinajstić information content (AvgIpc) is 2.69. The molecular formula is C24H23FO. The van der Waals surface area contributed by atoms with Gasteiger partial charge in [0.2, 0.25) is 11.5 Å². The van der Waals surface area contributed by atoms with Crippen LogP contribution >= 0.6 is 0 Å². The van der Waals surface area contributed by atoms with Crippen LogP contribution in [0.1, 0.15) is 46.8 Å². The van der Waals surface area contributed by atoms with E-state index in [1.807, 2.05) is 48.5 Å². The van der Waals surface area contributed by atoms with Crippen LogP contribution in [0.5, 0.6) is 0 Å². The van der Waals surface area contributed by atoms with Gasteiger partial charge in [-0.15, -0.1) is 0 Å². The molecule has 0 heterocycles. The van der Waals surface area contributed by atoms with Crippen LogP contribution < -0.4 is 0 Å². The van der Waals surface area contributed by atoms with E-state index in [1.54, 1.807) is 36.4 Å². The molecule has 2 heteroatoms. The summed E-state index contributed by atoms with van der Waals surface area (Å²) in [7, 11) is 0. The summed E-state index contributed by atoms with van der Waals surface area (Å²) < 4.78 is 16.3. The molecule has 132 valence electrons. The Labute approximate surface area is 154 Å². The molecule has 0 aliphatic carbocycles. The van der Waals surface area contributed by atoms with E-state index in [4.69, 9.17) is 0 Å². The Bertz CT molecular complexity index is 854. The minimum atomic E-state index is -2.10. The maximum Gasteiger partial charge on any atom is 0.204 e. The summed E-state index contributed by atoms with van der Waals surface area (Å²) >= 11 is 0. The quantitative estimate of drug-likeness (QED) is 0.493. The first-order chi connectivity index (χ1) is 12.5. The van der Waals surface area contributed by atoms with Crippen molar-refractivity contribution in [1.29, 1.82) is 0 Å². The smallest absolute Gasteiger partial charge is 0.204 e. The zero-order valence-electron chi connectivity index (χ0n) is 15.2. The van der Waals surface area contributed by atoms with E-state index in [1.165, 1.54) is 0 Å². The molecule has 0 unspecified atom stereocenters. The summed E-state index contributed by atoms with van der Waals surface area (Å²) in [5.41, 5.74) is 0.617. The van der Waals surface area contributed by atoms with Crippen molar-refractivity contribution in [3.8, 4) is 0 Å². The Morgan fingerprint density at radius 3 is 1.92 bits per heavy atom. The van der Waals surface area contributed by atoms with Crippen molar-refractivity contribution >= 4 is 5.78 Å². The Hall–Kier alpha value is -2.74. The molecule has 3 rings (SSSR count). The first kappa shape index (κ1) is 18.1. The number of rotatable bonds is 6. The third-order valence-electron chi connectivity index (χ3n) is 4.72. The molecule has 0 bridgehead atoms. The van der Waals surface area contributed by atoms with E-state index in [9.17, 15) is 4.79 Å². The minimum Gasteiger partial charge on any atom is -0.290 e. The summed E-state index contributed by atoms with van der Waals surface area (Å²) in [4.78, 5) is 13.1. The second-order valence-electron chi connectivity index (χ2n) is 6.94. The van der Waals surface area contributed by atoms with Crippen molar-refractivity contribution in [3.05, 3.63) is 107 Å². The van der Waals surface area contributed by atoms with Crippen LogP contribution in [-0.4, -0.2) is 5.78 Å². The van der Waals surface area contributed by atoms with Crippen molar-refractivity contribution in [2.24, 2.45) is 0 Å². The first-order valence-corrected chi connectivity index (χ1v) is 8.94. The largest absolute Gasteiger partial charge is 0.290 e. The highest BCUT2D eigenvalue weighted by Gasteiger charge is 2.41. The molecule has 0 N–H and O–H groups in total. The van der Waals surface area contributed by atoms with Gasteiger partial charge in [0.1, 0.15) is 0 Å². The van der Waals surface area contributed by atoms with Crippen LogP contribution in [0.2, 0.25) is 0 Å². The molecule has 0 fully saturated rings. The molecule has 0 aromatic heterocycles. The molecule has 1 atom stereocenters. The SMILES string of the molecule is CC(C)c1ccc([C@@](F)(Cc2ccccc2)C(=O)c2ccccc2)cc1. The van der Waals surface area contributed by atoms with Crippen LogP contribution in [0.25, 0.3) is 0 Å². The highest BCUT2D eigenvalue weighted by atomic mass is 19.1. The fourth-order valence-electron chi connectivity index (χ4n) is 3.14. The summed E-state index contributed by atoms with van der Waals surface area (Å²) in [5, 5.41) is 0. The predicted molar refractivity (Wildman–Crippen MR) is 104 cm³/mol. The van der Waals surface area contributed by atoms with Crippen LogP contribution in [-0.2, 0) is 12.1 Å². The molecule has 0 saturated heterocycles. The Kier molecular flexibility index (Phi) is 5.32. The maximum atomic E-state index is 16.3. The number of ketones is 1. The maximum absolute atomic E-state index is 16.3. The number of Topliss-reactive ketones (excluding diaryl/α,β-unsaturated/α-hetero) is 1. The summed E-state index contributed by atoms with van der Waals surface area (Å²) in [6.45, 7) is 4.19. The third-order valence-corrected chi connectivity index (χ3v) is 4.72. The van der Waals surface area contributed by atoms with E-state index in [0.717, 1.165) is 11.1 Å². The monoisotopic (exact) mass is 346 g/mol. The highest BCUT2D eigenvalue weighted by molar-refractivity contribution is 6.03. The lowest BCUT2D eigenvalue weighted by molar-refractivity contribution is 0.0676. The molecule has 0 spiro atoms. The molecule has 0 radical (unpaired) electrons. The van der Waals surface area contributed by atoms with Gasteiger partial charge in [0, 0.05) is 12.0 Å². The van der Waals surface area contributed by atoms with Crippen LogP contribution in [0, 0.1) is 0 Å². The lowest BCUT2D eigenvalue weighted by Crippen LogP contribution is -2.33. The lowest BCUT2D eigenvalue weighted by Gasteiger charge is -2.25. The number of hydrogen-bond acceptors (Lipinski definition) is 1. The summed E-state index contributed by atoms with van der Waals surface area (Å²) in [6.07, 6.45) is 0.0165. The molecule has 0 aliphatic heterocycles. The van der Waals surface area contributed by atoms with E-state index >= 15 is 4.39 Å². The molecular weight excluding hydrogens is 323 g/mol. The van der Waals surface area contributed by atoms with Gasteiger partial charge in [-0.2, -0.15) is 0 Å². The van der Waals surface area contributed by atoms with Gasteiger partial charge in [-0.25, -0.2) is 4.39 Å². The standard InChI is InChI=1S/C24H23FO/c1-18(2)20-13-15-22(16-14-20)24(25,17-19-9-5-3-6-10-19)23(26)21-11-7-4-8-12-21/h3-16,18H,17H2,1-2H3/t24-/m0/s1. The predicted octanol–water partition coefficient (Wildman–Crippen LogP) is 6.10. The highest BCUT2D eigenvalue weighted by Crippen LogP contribution is 2.35. The number of benzene rings is 3. The number of hydrogen-bond donors (Lipinski definition) is 0. The fourth-order valence-corrected chi connectivity index (χ4v) is 3.14. The number of carbonyl (C=O) groups excluding carboxylic acids is 1. The Balaban J connectivity index is 2.04. The fraction of sp³-hybridized carbons (Fsp3) is 0.208. The van der Waals surface area contributed by atoms with Crippen molar-refractivity contribution in [1.82, 2.24) is 0 Å². The molecule has 0 saturated carbocycles. The molecule has 1 nitrogen and oxygen atoms in total. The average molecular weight is 346 g/mol. The Morgan fingerprint density at radius 2 is 1.38 bits per heavy atom. The van der Waals surface area contributed by atoms with Crippen molar-refractivity contribution in [3.63, 3.8) is 0 Å². The van der Waals surface area contributed by atoms with Gasteiger partial charge >= 0.3 is 0 Å². The van der Waals surface area contributed by atoms with Crippen LogP contribution in [0.15, 0.2) is 84.9 Å². The van der Waals surface area contributed by atoms with Gasteiger partial charge in [-0.05, 0) is 22.6 Å². The molecule has 3 aromatic carbocycles. The molecule has 0 amide bonds. The van der Waals surface area contributed by atoms with Crippen molar-refractivity contribution in [2.75, 3.05) is 0 Å². The Morgan fingerprint density at radius 1 is 0.846 bits per heavy atom. The van der Waals surface area contributed by atoms with Crippen molar-refractivity contribution < 1.29 is 9.18 Å².